The summed E-state index contributed by atoms with van der Waals surface area (Å²) >= 11 is 7.09. The Hall–Kier alpha value is -1.00. The molecule has 0 aliphatic carbocycles. The first-order chi connectivity index (χ1) is 8.31. The van der Waals surface area contributed by atoms with Crippen LogP contribution in [0, 0.1) is 0 Å². The van der Waals surface area contributed by atoms with E-state index in [9.17, 15) is 9.59 Å². The Morgan fingerprint density at radius 2 is 2.11 bits per heavy atom. The number of ether oxygens (including phenoxy) is 1. The quantitative estimate of drug-likeness (QED) is 0.482. The molecule has 0 heterocycles. The number of esters is 1. The lowest BCUT2D eigenvalue weighted by Gasteiger charge is -2.19. The molecule has 0 fully saturated rings. The zero-order chi connectivity index (χ0) is 13.8. The maximum atomic E-state index is 11.6. The van der Waals surface area contributed by atoms with Gasteiger partial charge in [0.15, 0.2) is 6.29 Å². The van der Waals surface area contributed by atoms with E-state index in [1.54, 1.807) is 18.2 Å². The second-order valence-corrected chi connectivity index (χ2v) is 6.13. The average molecular weight is 287 g/mol. The van der Waals surface area contributed by atoms with Gasteiger partial charge in [0.1, 0.15) is 5.60 Å². The maximum Gasteiger partial charge on any atom is 0.316 e. The Kier molecular flexibility index (Phi) is 5.23. The van der Waals surface area contributed by atoms with Gasteiger partial charge < -0.3 is 4.74 Å². The van der Waals surface area contributed by atoms with Crippen molar-refractivity contribution < 1.29 is 14.3 Å². The van der Waals surface area contributed by atoms with E-state index in [2.05, 4.69) is 0 Å². The monoisotopic (exact) mass is 286 g/mol. The first-order valence-corrected chi connectivity index (χ1v) is 6.77. The summed E-state index contributed by atoms with van der Waals surface area (Å²) in [6.07, 6.45) is 0.744. The third kappa shape index (κ3) is 5.10. The van der Waals surface area contributed by atoms with Crippen molar-refractivity contribution in [3.63, 3.8) is 0 Å². The van der Waals surface area contributed by atoms with E-state index in [1.807, 2.05) is 20.8 Å². The van der Waals surface area contributed by atoms with Crippen LogP contribution in [0.25, 0.3) is 0 Å². The van der Waals surface area contributed by atoms with E-state index in [1.165, 1.54) is 11.8 Å². The number of carbonyl (C=O) groups excluding carboxylic acids is 2. The molecule has 0 radical (unpaired) electrons. The van der Waals surface area contributed by atoms with Crippen LogP contribution in [0.5, 0.6) is 0 Å². The van der Waals surface area contributed by atoms with Crippen LogP contribution in [0.2, 0.25) is 5.02 Å². The number of hydrogen-bond acceptors (Lipinski definition) is 4. The van der Waals surface area contributed by atoms with Gasteiger partial charge >= 0.3 is 5.97 Å². The van der Waals surface area contributed by atoms with E-state index < -0.39 is 5.60 Å². The summed E-state index contributed by atoms with van der Waals surface area (Å²) < 4.78 is 5.18. The van der Waals surface area contributed by atoms with Crippen molar-refractivity contribution in [1.29, 1.82) is 0 Å². The first-order valence-electron chi connectivity index (χ1n) is 5.41. The Bertz CT molecular complexity index is 452. The van der Waals surface area contributed by atoms with Crippen molar-refractivity contribution in [2.24, 2.45) is 0 Å². The summed E-state index contributed by atoms with van der Waals surface area (Å²) in [4.78, 5) is 23.1. The Balaban J connectivity index is 2.66. The van der Waals surface area contributed by atoms with Gasteiger partial charge in [0.25, 0.3) is 0 Å². The van der Waals surface area contributed by atoms with Crippen LogP contribution in [-0.4, -0.2) is 23.6 Å². The van der Waals surface area contributed by atoms with Crippen LogP contribution in [-0.2, 0) is 9.53 Å². The smallest absolute Gasteiger partial charge is 0.316 e. The van der Waals surface area contributed by atoms with Gasteiger partial charge in [-0.3, -0.25) is 9.59 Å². The molecule has 0 bridgehead atoms. The molecule has 0 atom stereocenters. The number of benzene rings is 1. The summed E-state index contributed by atoms with van der Waals surface area (Å²) in [6.45, 7) is 5.43. The third-order valence-corrected chi connectivity index (χ3v) is 3.15. The molecule has 0 unspecified atom stereocenters. The highest BCUT2D eigenvalue weighted by molar-refractivity contribution is 8.00. The summed E-state index contributed by atoms with van der Waals surface area (Å²) in [5.74, 6) is -0.164. The largest absolute Gasteiger partial charge is 0.459 e. The molecule has 0 saturated carbocycles. The lowest BCUT2D eigenvalue weighted by atomic mass is 10.2. The maximum absolute atomic E-state index is 11.6. The molecule has 1 aromatic carbocycles. The summed E-state index contributed by atoms with van der Waals surface area (Å²) in [6, 6.07) is 4.94. The van der Waals surface area contributed by atoms with Crippen molar-refractivity contribution >= 4 is 35.6 Å². The molecule has 0 amide bonds. The van der Waals surface area contributed by atoms with E-state index in [0.29, 0.717) is 15.5 Å². The molecule has 98 valence electrons. The van der Waals surface area contributed by atoms with Gasteiger partial charge in [0.05, 0.1) is 5.75 Å². The van der Waals surface area contributed by atoms with Gasteiger partial charge in [0, 0.05) is 15.5 Å². The Morgan fingerprint density at radius 1 is 1.44 bits per heavy atom. The fourth-order valence-corrected chi connectivity index (χ4v) is 2.30. The SMILES string of the molecule is CC(C)(C)OC(=O)CSc1cc(Cl)ccc1C=O. The number of thioether (sulfide) groups is 1. The van der Waals surface area contributed by atoms with Crippen LogP contribution in [0.4, 0.5) is 0 Å². The second-order valence-electron chi connectivity index (χ2n) is 4.68. The van der Waals surface area contributed by atoms with E-state index in [0.717, 1.165) is 6.29 Å². The van der Waals surface area contributed by atoms with Crippen LogP contribution in [0.1, 0.15) is 31.1 Å². The van der Waals surface area contributed by atoms with Gasteiger partial charge in [-0.15, -0.1) is 11.8 Å². The van der Waals surface area contributed by atoms with Gasteiger partial charge in [-0.2, -0.15) is 0 Å². The van der Waals surface area contributed by atoms with Crippen molar-refractivity contribution in [3.8, 4) is 0 Å². The van der Waals surface area contributed by atoms with Gasteiger partial charge in [0.2, 0.25) is 0 Å². The lowest BCUT2D eigenvalue weighted by molar-refractivity contribution is -0.151. The fraction of sp³-hybridized carbons (Fsp3) is 0.385. The minimum Gasteiger partial charge on any atom is -0.459 e. The molecule has 0 aliphatic rings. The van der Waals surface area contributed by atoms with Crippen molar-refractivity contribution in [2.45, 2.75) is 31.3 Å². The van der Waals surface area contributed by atoms with Crippen LogP contribution in [0.3, 0.4) is 0 Å². The Morgan fingerprint density at radius 3 is 2.67 bits per heavy atom. The third-order valence-electron chi connectivity index (χ3n) is 1.87. The second kappa shape index (κ2) is 6.25. The topological polar surface area (TPSA) is 43.4 Å². The number of carbonyl (C=O) groups is 2. The molecule has 1 rings (SSSR count). The lowest BCUT2D eigenvalue weighted by Crippen LogP contribution is -2.24. The summed E-state index contributed by atoms with van der Waals surface area (Å²) in [5, 5.41) is 0.535. The van der Waals surface area contributed by atoms with E-state index in [4.69, 9.17) is 16.3 Å². The predicted molar refractivity (Wildman–Crippen MR) is 73.4 cm³/mol. The number of halogens is 1. The van der Waals surface area contributed by atoms with Crippen LogP contribution < -0.4 is 0 Å². The highest BCUT2D eigenvalue weighted by Gasteiger charge is 2.16. The average Bonchev–Trinajstić information content (AvgIpc) is 2.24. The molecular weight excluding hydrogens is 272 g/mol. The van der Waals surface area contributed by atoms with Crippen molar-refractivity contribution in [3.05, 3.63) is 28.8 Å². The normalized spacial score (nSPS) is 11.1. The number of rotatable bonds is 4. The van der Waals surface area contributed by atoms with Crippen molar-refractivity contribution in [2.75, 3.05) is 5.75 Å². The molecule has 0 aliphatic heterocycles. The molecule has 0 aromatic heterocycles. The predicted octanol–water partition coefficient (Wildman–Crippen LogP) is 3.59. The molecule has 0 N–H and O–H groups in total. The van der Waals surface area contributed by atoms with E-state index in [-0.39, 0.29) is 11.7 Å². The number of hydrogen-bond donors (Lipinski definition) is 0. The summed E-state index contributed by atoms with van der Waals surface area (Å²) in [5.41, 5.74) is 0.0207. The van der Waals surface area contributed by atoms with Gasteiger partial charge in [-0.1, -0.05) is 11.6 Å². The highest BCUT2D eigenvalue weighted by Crippen LogP contribution is 2.25. The van der Waals surface area contributed by atoms with E-state index >= 15 is 0 Å². The van der Waals surface area contributed by atoms with Crippen LogP contribution >= 0.6 is 23.4 Å². The fourth-order valence-electron chi connectivity index (χ4n) is 1.24. The Labute approximate surface area is 116 Å². The zero-order valence-corrected chi connectivity index (χ0v) is 12.1. The molecular formula is C13H15ClO3S. The van der Waals surface area contributed by atoms with Gasteiger partial charge in [-0.05, 0) is 39.0 Å². The molecule has 0 saturated heterocycles. The van der Waals surface area contributed by atoms with Crippen LogP contribution in [0.15, 0.2) is 23.1 Å². The molecule has 5 heteroatoms. The van der Waals surface area contributed by atoms with Gasteiger partial charge in [-0.25, -0.2) is 0 Å². The standard InChI is InChI=1S/C13H15ClO3S/c1-13(2,3)17-12(16)8-18-11-6-10(14)5-4-9(11)7-15/h4-7H,8H2,1-3H3. The van der Waals surface area contributed by atoms with Crippen molar-refractivity contribution in [1.82, 2.24) is 0 Å². The highest BCUT2D eigenvalue weighted by atomic mass is 35.5. The molecule has 3 nitrogen and oxygen atoms in total. The zero-order valence-electron chi connectivity index (χ0n) is 10.5. The molecule has 0 spiro atoms. The minimum atomic E-state index is -0.501. The minimum absolute atomic E-state index is 0.151. The first kappa shape index (κ1) is 15.1. The summed E-state index contributed by atoms with van der Waals surface area (Å²) in [7, 11) is 0. The molecule has 1 aromatic rings. The molecule has 18 heavy (non-hydrogen) atoms. The number of aldehydes is 1.